The van der Waals surface area contributed by atoms with E-state index in [1.54, 1.807) is 26.0 Å². The van der Waals surface area contributed by atoms with Gasteiger partial charge in [0, 0.05) is 5.56 Å². The van der Waals surface area contributed by atoms with E-state index in [4.69, 9.17) is 11.6 Å². The van der Waals surface area contributed by atoms with Crippen molar-refractivity contribution in [2.45, 2.75) is 13.8 Å². The quantitative estimate of drug-likeness (QED) is 0.617. The predicted molar refractivity (Wildman–Crippen MR) is 67.3 cm³/mol. The summed E-state index contributed by atoms with van der Waals surface area (Å²) in [4.78, 5) is 19.2. The number of hydrogen-bond acceptors (Lipinski definition) is 3. The molecule has 1 heterocycles. The Morgan fingerprint density at radius 3 is 2.67 bits per heavy atom. The Hall–Kier alpha value is -1.81. The van der Waals surface area contributed by atoms with E-state index in [9.17, 15) is 9.18 Å². The lowest BCUT2D eigenvalue weighted by Crippen LogP contribution is -2.01. The highest BCUT2D eigenvalue weighted by Gasteiger charge is 2.15. The minimum atomic E-state index is -0.350. The minimum Gasteiger partial charge on any atom is -0.298 e. The first-order valence-corrected chi connectivity index (χ1v) is 5.67. The van der Waals surface area contributed by atoms with Crippen LogP contribution >= 0.6 is 11.6 Å². The Balaban J connectivity index is 2.78. The summed E-state index contributed by atoms with van der Waals surface area (Å²) in [7, 11) is 0. The summed E-state index contributed by atoms with van der Waals surface area (Å²) in [6, 6.07) is 4.62. The van der Waals surface area contributed by atoms with Crippen molar-refractivity contribution in [1.29, 1.82) is 0 Å². The summed E-state index contributed by atoms with van der Waals surface area (Å²) in [5, 5.41) is 0.0798. The number of benzene rings is 1. The molecular weight excluding hydrogens is 255 g/mol. The molecule has 0 atom stereocenters. The topological polar surface area (TPSA) is 42.9 Å². The Morgan fingerprint density at radius 1 is 1.28 bits per heavy atom. The summed E-state index contributed by atoms with van der Waals surface area (Å²) in [5.41, 5.74) is 1.51. The van der Waals surface area contributed by atoms with Crippen molar-refractivity contribution in [3.63, 3.8) is 0 Å². The van der Waals surface area contributed by atoms with Crippen molar-refractivity contribution >= 4 is 17.9 Å². The number of aryl methyl sites for hydroxylation is 1. The van der Waals surface area contributed by atoms with Gasteiger partial charge in [-0.25, -0.2) is 14.4 Å². The second-order valence-corrected chi connectivity index (χ2v) is 4.21. The van der Waals surface area contributed by atoms with Crippen LogP contribution in [-0.2, 0) is 0 Å². The third-order valence-electron chi connectivity index (χ3n) is 2.65. The van der Waals surface area contributed by atoms with Crippen LogP contribution in [0.5, 0.6) is 0 Å². The minimum absolute atomic E-state index is 0.0798. The first-order chi connectivity index (χ1) is 8.54. The summed E-state index contributed by atoms with van der Waals surface area (Å²) in [5.74, 6) is 0.0843. The molecule has 2 rings (SSSR count). The van der Waals surface area contributed by atoms with E-state index in [0.29, 0.717) is 28.9 Å². The van der Waals surface area contributed by atoms with E-state index in [2.05, 4.69) is 9.97 Å². The Bertz CT molecular complexity index is 629. The number of aldehydes is 1. The second-order valence-electron chi connectivity index (χ2n) is 3.85. The lowest BCUT2D eigenvalue weighted by Gasteiger charge is -2.10. The molecule has 1 aromatic heterocycles. The van der Waals surface area contributed by atoms with E-state index < -0.39 is 0 Å². The van der Waals surface area contributed by atoms with E-state index >= 15 is 0 Å². The van der Waals surface area contributed by atoms with Crippen molar-refractivity contribution in [2.75, 3.05) is 0 Å². The first-order valence-electron chi connectivity index (χ1n) is 5.29. The maximum absolute atomic E-state index is 13.5. The Labute approximate surface area is 109 Å². The third kappa shape index (κ3) is 2.11. The van der Waals surface area contributed by atoms with Gasteiger partial charge >= 0.3 is 0 Å². The highest BCUT2D eigenvalue weighted by molar-refractivity contribution is 6.32. The molecule has 0 fully saturated rings. The third-order valence-corrected chi connectivity index (χ3v) is 2.94. The highest BCUT2D eigenvalue weighted by Crippen LogP contribution is 2.28. The van der Waals surface area contributed by atoms with Gasteiger partial charge < -0.3 is 0 Å². The number of hydrogen-bond donors (Lipinski definition) is 0. The second kappa shape index (κ2) is 4.82. The van der Waals surface area contributed by atoms with Crippen molar-refractivity contribution in [1.82, 2.24) is 9.97 Å². The molecule has 0 radical (unpaired) electrons. The molecular formula is C13H10ClFN2O. The first kappa shape index (κ1) is 12.6. The van der Waals surface area contributed by atoms with Crippen LogP contribution < -0.4 is 0 Å². The average molecular weight is 265 g/mol. The van der Waals surface area contributed by atoms with Gasteiger partial charge in [-0.1, -0.05) is 23.7 Å². The number of rotatable bonds is 2. The molecule has 0 bridgehead atoms. The zero-order valence-electron chi connectivity index (χ0n) is 9.87. The van der Waals surface area contributed by atoms with Gasteiger partial charge in [0.15, 0.2) is 6.29 Å². The van der Waals surface area contributed by atoms with E-state index in [1.165, 1.54) is 6.07 Å². The van der Waals surface area contributed by atoms with Crippen LogP contribution in [0.15, 0.2) is 18.2 Å². The fourth-order valence-corrected chi connectivity index (χ4v) is 1.98. The number of halogens is 2. The van der Waals surface area contributed by atoms with Gasteiger partial charge in [-0.05, 0) is 25.5 Å². The number of carbonyl (C=O) groups is 1. The van der Waals surface area contributed by atoms with E-state index in [0.717, 1.165) is 0 Å². The lowest BCUT2D eigenvalue weighted by molar-refractivity contribution is 0.112. The SMILES string of the molecule is Cc1nc(Cl)c(C=O)c(-c2cccc(F)c2C)n1. The molecule has 0 saturated heterocycles. The zero-order valence-corrected chi connectivity index (χ0v) is 10.6. The summed E-state index contributed by atoms with van der Waals surface area (Å²) in [6.45, 7) is 3.29. The van der Waals surface area contributed by atoms with Gasteiger partial charge in [-0.15, -0.1) is 0 Å². The molecule has 2 aromatic rings. The molecule has 0 aliphatic rings. The van der Waals surface area contributed by atoms with E-state index in [-0.39, 0.29) is 16.5 Å². The standard InChI is InChI=1S/C13H10ClFN2O/c1-7-9(4-3-5-11(7)15)12-10(6-18)13(14)17-8(2)16-12/h3-6H,1-2H3. The normalized spacial score (nSPS) is 10.4. The fourth-order valence-electron chi connectivity index (χ4n) is 1.72. The Morgan fingerprint density at radius 2 is 2.00 bits per heavy atom. The van der Waals surface area contributed by atoms with Gasteiger partial charge in [-0.2, -0.15) is 0 Å². The average Bonchev–Trinajstić information content (AvgIpc) is 2.32. The maximum Gasteiger partial charge on any atom is 0.155 e. The molecule has 3 nitrogen and oxygen atoms in total. The van der Waals surface area contributed by atoms with Crippen LogP contribution in [0.2, 0.25) is 5.15 Å². The lowest BCUT2D eigenvalue weighted by atomic mass is 10.0. The van der Waals surface area contributed by atoms with Crippen molar-refractivity contribution in [3.05, 3.63) is 46.1 Å². The fraction of sp³-hybridized carbons (Fsp3) is 0.154. The summed E-state index contributed by atoms with van der Waals surface area (Å²) < 4.78 is 13.5. The molecule has 0 saturated carbocycles. The van der Waals surface area contributed by atoms with Crippen LogP contribution in [0.4, 0.5) is 4.39 Å². The van der Waals surface area contributed by atoms with Gasteiger partial charge in [-0.3, -0.25) is 4.79 Å². The number of nitrogens with zero attached hydrogens (tertiary/aromatic N) is 2. The molecule has 0 N–H and O–H groups in total. The Kier molecular flexibility index (Phi) is 3.39. The molecule has 0 aliphatic heterocycles. The molecule has 0 unspecified atom stereocenters. The molecule has 0 amide bonds. The van der Waals surface area contributed by atoms with Crippen LogP contribution in [0.25, 0.3) is 11.3 Å². The van der Waals surface area contributed by atoms with Crippen molar-refractivity contribution in [3.8, 4) is 11.3 Å². The predicted octanol–water partition coefficient (Wildman–Crippen LogP) is 3.37. The number of carbonyl (C=O) groups excluding carboxylic acids is 1. The summed E-state index contributed by atoms with van der Waals surface area (Å²) in [6.07, 6.45) is 0.585. The van der Waals surface area contributed by atoms with Crippen LogP contribution in [0.1, 0.15) is 21.7 Å². The molecule has 1 aromatic carbocycles. The van der Waals surface area contributed by atoms with Gasteiger partial charge in [0.2, 0.25) is 0 Å². The molecule has 5 heteroatoms. The van der Waals surface area contributed by atoms with Crippen LogP contribution in [0, 0.1) is 19.7 Å². The van der Waals surface area contributed by atoms with Crippen molar-refractivity contribution in [2.24, 2.45) is 0 Å². The zero-order chi connectivity index (χ0) is 13.3. The van der Waals surface area contributed by atoms with Crippen LogP contribution in [-0.4, -0.2) is 16.3 Å². The monoisotopic (exact) mass is 264 g/mol. The van der Waals surface area contributed by atoms with Crippen LogP contribution in [0.3, 0.4) is 0 Å². The number of aromatic nitrogens is 2. The maximum atomic E-state index is 13.5. The summed E-state index contributed by atoms with van der Waals surface area (Å²) >= 11 is 5.90. The molecule has 0 spiro atoms. The van der Waals surface area contributed by atoms with Gasteiger partial charge in [0.05, 0.1) is 11.3 Å². The van der Waals surface area contributed by atoms with Gasteiger partial charge in [0.25, 0.3) is 0 Å². The van der Waals surface area contributed by atoms with Crippen molar-refractivity contribution < 1.29 is 9.18 Å². The molecule has 92 valence electrons. The molecule has 0 aliphatic carbocycles. The smallest absolute Gasteiger partial charge is 0.155 e. The van der Waals surface area contributed by atoms with Gasteiger partial charge in [0.1, 0.15) is 16.8 Å². The molecule has 18 heavy (non-hydrogen) atoms. The largest absolute Gasteiger partial charge is 0.298 e. The van der Waals surface area contributed by atoms with E-state index in [1.807, 2.05) is 0 Å². The highest BCUT2D eigenvalue weighted by atomic mass is 35.5.